The molecule has 5 rings (SSSR count). The Kier molecular flexibility index (Phi) is 6.76. The van der Waals surface area contributed by atoms with Gasteiger partial charge in [0.2, 0.25) is 12.5 Å². The van der Waals surface area contributed by atoms with Gasteiger partial charge in [0.1, 0.15) is 0 Å². The predicted molar refractivity (Wildman–Crippen MR) is 138 cm³/mol. The lowest BCUT2D eigenvalue weighted by atomic mass is 10.1. The molecule has 1 N–H and O–H groups in total. The van der Waals surface area contributed by atoms with E-state index in [4.69, 9.17) is 23.7 Å². The fourth-order valence-electron chi connectivity index (χ4n) is 4.27. The van der Waals surface area contributed by atoms with Crippen molar-refractivity contribution in [1.82, 2.24) is 4.31 Å². The Morgan fingerprint density at radius 3 is 2.32 bits per heavy atom. The largest absolute Gasteiger partial charge is 0.493 e. The van der Waals surface area contributed by atoms with Crippen molar-refractivity contribution in [2.75, 3.05) is 28.1 Å². The first-order valence-corrected chi connectivity index (χ1v) is 13.5. The van der Waals surface area contributed by atoms with Crippen LogP contribution >= 0.6 is 11.8 Å². The van der Waals surface area contributed by atoms with Crippen LogP contribution in [0.4, 0.5) is 0 Å². The number of methoxy groups -OCH3 is 3. The van der Waals surface area contributed by atoms with E-state index in [2.05, 4.69) is 0 Å². The quantitative estimate of drug-likeness (QED) is 0.432. The van der Waals surface area contributed by atoms with Crippen molar-refractivity contribution < 1.29 is 42.0 Å². The normalized spacial score (nSPS) is 15.2. The lowest BCUT2D eigenvalue weighted by Crippen LogP contribution is -2.37. The van der Waals surface area contributed by atoms with Gasteiger partial charge >= 0.3 is 5.97 Å². The number of hydrogen-bond acceptors (Lipinski definition) is 9. The smallest absolute Gasteiger partial charge is 0.354 e. The first-order valence-electron chi connectivity index (χ1n) is 11.2. The Morgan fingerprint density at radius 2 is 1.66 bits per heavy atom. The van der Waals surface area contributed by atoms with Crippen molar-refractivity contribution in [3.05, 3.63) is 71.4 Å². The van der Waals surface area contributed by atoms with Crippen LogP contribution in [0.25, 0.3) is 4.91 Å². The number of carboxylic acids is 1. The van der Waals surface area contributed by atoms with Crippen LogP contribution in [0, 0.1) is 0 Å². The number of thioether (sulfide) groups is 1. The predicted octanol–water partition coefficient (Wildman–Crippen LogP) is 4.19. The van der Waals surface area contributed by atoms with Gasteiger partial charge in [-0.15, -0.1) is 0 Å². The van der Waals surface area contributed by atoms with Crippen LogP contribution in [0.3, 0.4) is 0 Å². The first-order chi connectivity index (χ1) is 18.3. The third-order valence-corrected chi connectivity index (χ3v) is 8.88. The van der Waals surface area contributed by atoms with Crippen molar-refractivity contribution >= 4 is 32.7 Å². The summed E-state index contributed by atoms with van der Waals surface area (Å²) in [4.78, 5) is 13.5. The zero-order valence-corrected chi connectivity index (χ0v) is 22.2. The van der Waals surface area contributed by atoms with Crippen LogP contribution < -0.4 is 23.7 Å². The van der Waals surface area contributed by atoms with Gasteiger partial charge < -0.3 is 28.8 Å². The van der Waals surface area contributed by atoms with Gasteiger partial charge in [-0.05, 0) is 35.9 Å². The summed E-state index contributed by atoms with van der Waals surface area (Å²) >= 11 is 1.09. The van der Waals surface area contributed by atoms with E-state index in [-0.39, 0.29) is 34.4 Å². The third kappa shape index (κ3) is 4.35. The van der Waals surface area contributed by atoms with Crippen molar-refractivity contribution in [1.29, 1.82) is 0 Å². The lowest BCUT2D eigenvalue weighted by Gasteiger charge is -2.32. The van der Waals surface area contributed by atoms with Gasteiger partial charge in [-0.25, -0.2) is 13.2 Å². The summed E-state index contributed by atoms with van der Waals surface area (Å²) in [6, 6.07) is 14.6. The van der Waals surface area contributed by atoms with Crippen molar-refractivity contribution in [3.63, 3.8) is 0 Å². The standard InChI is InChI=1S/C26H23NO9S2/c1-32-20-11-16(12-21(33-2)24(20)34-3)37-25-17-6-4-5-7-22(17)38(30,31)27(23(25)26(28)29)13-15-8-9-18-19(10-15)36-14-35-18/h4-12H,13-14H2,1-3H3,(H,28,29). The van der Waals surface area contributed by atoms with E-state index in [0.717, 1.165) is 16.1 Å². The molecule has 2 aliphatic heterocycles. The van der Waals surface area contributed by atoms with Crippen LogP contribution in [0.2, 0.25) is 0 Å². The number of carbonyl (C=O) groups is 1. The van der Waals surface area contributed by atoms with Gasteiger partial charge in [0.05, 0.1) is 37.7 Å². The molecule has 198 valence electrons. The van der Waals surface area contributed by atoms with Crippen LogP contribution in [-0.2, 0) is 21.4 Å². The van der Waals surface area contributed by atoms with E-state index < -0.39 is 16.0 Å². The minimum atomic E-state index is -4.21. The molecule has 0 saturated carbocycles. The average molecular weight is 558 g/mol. The number of ether oxygens (including phenoxy) is 5. The molecule has 0 bridgehead atoms. The zero-order chi connectivity index (χ0) is 27.0. The fraction of sp³-hybridized carbons (Fsp3) is 0.192. The molecule has 0 spiro atoms. The summed E-state index contributed by atoms with van der Waals surface area (Å²) < 4.78 is 55.4. The molecule has 2 aliphatic rings. The molecule has 2 heterocycles. The molecule has 0 saturated heterocycles. The number of sulfonamides is 1. The highest BCUT2D eigenvalue weighted by Crippen LogP contribution is 2.49. The molecule has 3 aromatic rings. The summed E-state index contributed by atoms with van der Waals surface area (Å²) in [5, 5.41) is 10.3. The average Bonchev–Trinajstić information content (AvgIpc) is 3.38. The molecule has 38 heavy (non-hydrogen) atoms. The maximum Gasteiger partial charge on any atom is 0.354 e. The van der Waals surface area contributed by atoms with E-state index in [9.17, 15) is 18.3 Å². The van der Waals surface area contributed by atoms with Crippen LogP contribution in [0.15, 0.2) is 70.1 Å². The Labute approximate surface area is 223 Å². The van der Waals surface area contributed by atoms with E-state index in [1.807, 2.05) is 0 Å². The molecule has 3 aromatic carbocycles. The highest BCUT2D eigenvalue weighted by molar-refractivity contribution is 8.08. The minimum Gasteiger partial charge on any atom is -0.493 e. The van der Waals surface area contributed by atoms with E-state index >= 15 is 0 Å². The highest BCUT2D eigenvalue weighted by atomic mass is 32.2. The zero-order valence-electron chi connectivity index (χ0n) is 20.6. The van der Waals surface area contributed by atoms with Crippen molar-refractivity contribution in [2.45, 2.75) is 16.3 Å². The maximum absolute atomic E-state index is 13.7. The van der Waals surface area contributed by atoms with Gasteiger partial charge in [-0.3, -0.25) is 4.31 Å². The molecule has 0 amide bonds. The lowest BCUT2D eigenvalue weighted by molar-refractivity contribution is -0.133. The Balaban J connectivity index is 1.67. The second kappa shape index (κ2) is 10.0. The number of nitrogens with zero attached hydrogens (tertiary/aromatic N) is 1. The molecule has 10 nitrogen and oxygen atoms in total. The molecule has 0 aliphatic carbocycles. The monoisotopic (exact) mass is 557 g/mol. The first kappa shape index (κ1) is 25.6. The number of benzene rings is 3. The number of hydrogen-bond donors (Lipinski definition) is 1. The van der Waals surface area contributed by atoms with Gasteiger partial charge in [-0.1, -0.05) is 36.0 Å². The number of fused-ring (bicyclic) bond motifs is 2. The Hall–Kier alpha value is -4.03. The topological polar surface area (TPSA) is 121 Å². The van der Waals surface area contributed by atoms with Gasteiger partial charge in [0.25, 0.3) is 10.0 Å². The summed E-state index contributed by atoms with van der Waals surface area (Å²) in [7, 11) is 0.221. The summed E-state index contributed by atoms with van der Waals surface area (Å²) in [6.45, 7) is -0.168. The SMILES string of the molecule is COc1cc(SC2=C(C(=O)O)N(Cc3ccc4c(c3)OCO4)S(=O)(=O)c3ccccc32)cc(OC)c1OC. The minimum absolute atomic E-state index is 0.000634. The van der Waals surface area contributed by atoms with E-state index in [1.165, 1.54) is 27.4 Å². The fourth-order valence-corrected chi connectivity index (χ4v) is 7.21. The second-order valence-electron chi connectivity index (χ2n) is 8.14. The Morgan fingerprint density at radius 1 is 0.974 bits per heavy atom. The second-order valence-corrected chi connectivity index (χ2v) is 11.1. The summed E-state index contributed by atoms with van der Waals surface area (Å²) in [6.07, 6.45) is 0. The number of carboxylic acid groups (broad SMARTS) is 1. The van der Waals surface area contributed by atoms with Crippen LogP contribution in [0.5, 0.6) is 28.7 Å². The Bertz CT molecular complexity index is 1540. The van der Waals surface area contributed by atoms with Crippen molar-refractivity contribution in [2.24, 2.45) is 0 Å². The number of rotatable bonds is 8. The number of aliphatic carboxylic acids is 1. The molecule has 0 atom stereocenters. The molecule has 0 radical (unpaired) electrons. The highest BCUT2D eigenvalue weighted by Gasteiger charge is 2.40. The maximum atomic E-state index is 13.7. The molecular weight excluding hydrogens is 534 g/mol. The van der Waals surface area contributed by atoms with Gasteiger partial charge in [0, 0.05) is 10.5 Å². The van der Waals surface area contributed by atoms with Crippen molar-refractivity contribution in [3.8, 4) is 28.7 Å². The van der Waals surface area contributed by atoms with Gasteiger partial charge in [-0.2, -0.15) is 0 Å². The van der Waals surface area contributed by atoms with E-state index in [0.29, 0.717) is 39.2 Å². The molecule has 0 fully saturated rings. The molecular formula is C26H23NO9S2. The summed E-state index contributed by atoms with van der Waals surface area (Å²) in [5.41, 5.74) is 0.443. The molecule has 12 heteroatoms. The van der Waals surface area contributed by atoms with Crippen LogP contribution in [0.1, 0.15) is 11.1 Å². The third-order valence-electron chi connectivity index (χ3n) is 5.99. The summed E-state index contributed by atoms with van der Waals surface area (Å²) in [5.74, 6) is 0.738. The molecule has 0 aromatic heterocycles. The van der Waals surface area contributed by atoms with Gasteiger partial charge in [0.15, 0.2) is 28.7 Å². The molecule has 0 unspecified atom stereocenters. The van der Waals surface area contributed by atoms with E-state index in [1.54, 1.807) is 48.5 Å². The van der Waals surface area contributed by atoms with Crippen LogP contribution in [-0.4, -0.2) is 51.9 Å².